The van der Waals surface area contributed by atoms with Gasteiger partial charge in [-0.15, -0.1) is 0 Å². The highest BCUT2D eigenvalue weighted by Gasteiger charge is 2.39. The largest absolute Gasteiger partial charge is 0.465 e. The zero-order chi connectivity index (χ0) is 21.7. The minimum absolute atomic E-state index is 0.0841. The maximum atomic E-state index is 12.9. The number of hydrazone groups is 1. The van der Waals surface area contributed by atoms with Crippen LogP contribution in [0.15, 0.2) is 58.5 Å². The summed E-state index contributed by atoms with van der Waals surface area (Å²) in [7, 11) is -2.53. The maximum absolute atomic E-state index is 12.9. The van der Waals surface area contributed by atoms with Gasteiger partial charge in [0.1, 0.15) is 6.04 Å². The Morgan fingerprint density at radius 2 is 1.83 bits per heavy atom. The summed E-state index contributed by atoms with van der Waals surface area (Å²) in [5.41, 5.74) is 3.44. The predicted octanol–water partition coefficient (Wildman–Crippen LogP) is 2.43. The Balaban J connectivity index is 1.66. The van der Waals surface area contributed by atoms with E-state index in [1.54, 1.807) is 24.3 Å². The molecule has 8 nitrogen and oxygen atoms in total. The number of nitrogens with one attached hydrogen (secondary N) is 1. The number of halogens is 1. The number of carbonyl (C=O) groups is 2. The molecule has 1 amide bonds. The van der Waals surface area contributed by atoms with Crippen molar-refractivity contribution in [2.45, 2.75) is 23.8 Å². The third-order valence-corrected chi connectivity index (χ3v) is 6.82. The van der Waals surface area contributed by atoms with Gasteiger partial charge in [-0.25, -0.2) is 18.6 Å². The van der Waals surface area contributed by atoms with Crippen molar-refractivity contribution in [2.24, 2.45) is 5.10 Å². The molecule has 1 aliphatic rings. The normalized spacial score (nSPS) is 17.2. The fourth-order valence-corrected chi connectivity index (χ4v) is 4.88. The number of rotatable bonds is 6. The predicted molar refractivity (Wildman–Crippen MR) is 112 cm³/mol. The number of ether oxygens (including phenoxy) is 1. The lowest BCUT2D eigenvalue weighted by Gasteiger charge is -2.22. The number of benzene rings is 2. The molecule has 0 aromatic heterocycles. The number of esters is 1. The summed E-state index contributed by atoms with van der Waals surface area (Å²) in [5.74, 6) is -0.956. The van der Waals surface area contributed by atoms with E-state index in [0.717, 1.165) is 0 Å². The second-order valence-electron chi connectivity index (χ2n) is 6.58. The summed E-state index contributed by atoms with van der Waals surface area (Å²) in [6, 6.07) is 11.4. The Kier molecular flexibility index (Phi) is 6.86. The molecule has 1 atom stereocenters. The minimum Gasteiger partial charge on any atom is -0.465 e. The summed E-state index contributed by atoms with van der Waals surface area (Å²) in [6.45, 7) is 0.252. The summed E-state index contributed by atoms with van der Waals surface area (Å²) >= 11 is 5.83. The van der Waals surface area contributed by atoms with Gasteiger partial charge < -0.3 is 4.74 Å². The number of carbonyl (C=O) groups excluding carboxylic acids is 2. The van der Waals surface area contributed by atoms with Crippen LogP contribution in [0.5, 0.6) is 0 Å². The Labute approximate surface area is 179 Å². The van der Waals surface area contributed by atoms with Crippen molar-refractivity contribution in [1.82, 2.24) is 9.73 Å². The number of sulfonamides is 1. The highest BCUT2D eigenvalue weighted by Crippen LogP contribution is 2.27. The zero-order valence-electron chi connectivity index (χ0n) is 16.1. The molecule has 0 bridgehead atoms. The van der Waals surface area contributed by atoms with E-state index in [2.05, 4.69) is 15.3 Å². The van der Waals surface area contributed by atoms with E-state index in [9.17, 15) is 18.0 Å². The van der Waals surface area contributed by atoms with Crippen molar-refractivity contribution in [3.05, 3.63) is 64.7 Å². The lowest BCUT2D eigenvalue weighted by atomic mass is 10.1. The van der Waals surface area contributed by atoms with Gasteiger partial charge in [-0.05, 0) is 54.8 Å². The molecule has 0 aliphatic carbocycles. The van der Waals surface area contributed by atoms with E-state index in [-0.39, 0.29) is 11.4 Å². The monoisotopic (exact) mass is 449 g/mol. The molecule has 0 radical (unpaired) electrons. The molecule has 2 aromatic rings. The van der Waals surface area contributed by atoms with E-state index in [4.69, 9.17) is 11.6 Å². The fourth-order valence-electron chi connectivity index (χ4n) is 3.10. The van der Waals surface area contributed by atoms with Crippen LogP contribution in [0.3, 0.4) is 0 Å². The number of nitrogens with zero attached hydrogens (tertiary/aromatic N) is 2. The molecular formula is C20H20ClN3O5S. The fraction of sp³-hybridized carbons (Fsp3) is 0.250. The summed E-state index contributed by atoms with van der Waals surface area (Å²) < 4.78 is 31.6. The first kappa shape index (κ1) is 21.9. The van der Waals surface area contributed by atoms with Gasteiger partial charge in [-0.3, -0.25) is 4.79 Å². The van der Waals surface area contributed by atoms with Gasteiger partial charge in [0.2, 0.25) is 10.0 Å². The average Bonchev–Trinajstić information content (AvgIpc) is 3.25. The molecule has 1 saturated heterocycles. The lowest BCUT2D eigenvalue weighted by Crippen LogP contribution is -2.44. The van der Waals surface area contributed by atoms with E-state index in [1.165, 1.54) is 41.9 Å². The first-order chi connectivity index (χ1) is 14.3. The van der Waals surface area contributed by atoms with Crippen molar-refractivity contribution < 1.29 is 22.7 Å². The Hall–Kier alpha value is -2.75. The molecule has 10 heteroatoms. The quantitative estimate of drug-likeness (QED) is 0.414. The second-order valence-corrected chi connectivity index (χ2v) is 8.90. The van der Waals surface area contributed by atoms with Gasteiger partial charge in [0.25, 0.3) is 5.91 Å². The van der Waals surface area contributed by atoms with Crippen LogP contribution in [0.2, 0.25) is 5.02 Å². The molecule has 1 heterocycles. The van der Waals surface area contributed by atoms with Crippen molar-refractivity contribution in [2.75, 3.05) is 13.7 Å². The molecule has 2 aromatic carbocycles. The Morgan fingerprint density at radius 1 is 1.17 bits per heavy atom. The minimum atomic E-state index is -3.82. The molecule has 1 fully saturated rings. The zero-order valence-corrected chi connectivity index (χ0v) is 17.7. The molecule has 30 heavy (non-hydrogen) atoms. The second kappa shape index (κ2) is 9.38. The molecule has 0 spiro atoms. The number of hydrogen-bond acceptors (Lipinski definition) is 6. The molecule has 1 aliphatic heterocycles. The first-order valence-electron chi connectivity index (χ1n) is 9.11. The van der Waals surface area contributed by atoms with Crippen LogP contribution < -0.4 is 5.43 Å². The molecule has 0 unspecified atom stereocenters. The van der Waals surface area contributed by atoms with Gasteiger partial charge in [0.05, 0.1) is 23.8 Å². The van der Waals surface area contributed by atoms with Crippen molar-refractivity contribution >= 4 is 39.7 Å². The van der Waals surface area contributed by atoms with Crippen molar-refractivity contribution in [1.29, 1.82) is 0 Å². The third kappa shape index (κ3) is 4.86. The van der Waals surface area contributed by atoms with Gasteiger partial charge in [-0.2, -0.15) is 9.41 Å². The molecule has 1 N–H and O–H groups in total. The molecular weight excluding hydrogens is 430 g/mol. The van der Waals surface area contributed by atoms with Gasteiger partial charge in [0.15, 0.2) is 0 Å². The Morgan fingerprint density at radius 3 is 2.47 bits per heavy atom. The maximum Gasteiger partial charge on any atom is 0.337 e. The van der Waals surface area contributed by atoms with Gasteiger partial charge >= 0.3 is 5.97 Å². The van der Waals surface area contributed by atoms with E-state index in [1.807, 2.05) is 0 Å². The van der Waals surface area contributed by atoms with Crippen LogP contribution >= 0.6 is 11.6 Å². The van der Waals surface area contributed by atoms with Crippen LogP contribution in [0.4, 0.5) is 0 Å². The number of methoxy groups -OCH3 is 1. The van der Waals surface area contributed by atoms with E-state index in [0.29, 0.717) is 29.0 Å². The SMILES string of the molecule is COC(=O)c1ccc(C=NNC(=O)[C@@H]2CCCN2S(=O)(=O)c2ccc(Cl)cc2)cc1. The standard InChI is InChI=1S/C20H20ClN3O5S/c1-29-20(26)15-6-4-14(5-7-15)13-22-23-19(25)18-3-2-12-24(18)30(27,28)17-10-8-16(21)9-11-17/h4-11,13,18H,2-3,12H2,1H3,(H,23,25)/t18-/m0/s1. The van der Waals surface area contributed by atoms with Gasteiger partial charge in [0, 0.05) is 11.6 Å². The van der Waals surface area contributed by atoms with Crippen LogP contribution in [0.1, 0.15) is 28.8 Å². The van der Waals surface area contributed by atoms with E-state index < -0.39 is 27.9 Å². The van der Waals surface area contributed by atoms with Crippen molar-refractivity contribution in [3.8, 4) is 0 Å². The number of hydrogen-bond donors (Lipinski definition) is 1. The highest BCUT2D eigenvalue weighted by molar-refractivity contribution is 7.89. The highest BCUT2D eigenvalue weighted by atomic mass is 35.5. The number of amides is 1. The third-order valence-electron chi connectivity index (χ3n) is 4.65. The summed E-state index contributed by atoms with van der Waals surface area (Å²) in [4.78, 5) is 24.1. The topological polar surface area (TPSA) is 105 Å². The van der Waals surface area contributed by atoms with Crippen LogP contribution in [0, 0.1) is 0 Å². The van der Waals surface area contributed by atoms with Gasteiger partial charge in [-0.1, -0.05) is 23.7 Å². The van der Waals surface area contributed by atoms with E-state index >= 15 is 0 Å². The summed E-state index contributed by atoms with van der Waals surface area (Å²) in [5, 5.41) is 4.33. The molecule has 0 saturated carbocycles. The van der Waals surface area contributed by atoms with Crippen LogP contribution in [0.25, 0.3) is 0 Å². The van der Waals surface area contributed by atoms with Crippen LogP contribution in [-0.2, 0) is 19.6 Å². The first-order valence-corrected chi connectivity index (χ1v) is 10.9. The molecule has 3 rings (SSSR count). The smallest absolute Gasteiger partial charge is 0.337 e. The lowest BCUT2D eigenvalue weighted by molar-refractivity contribution is -0.124. The van der Waals surface area contributed by atoms with Crippen molar-refractivity contribution in [3.63, 3.8) is 0 Å². The summed E-state index contributed by atoms with van der Waals surface area (Å²) in [6.07, 6.45) is 2.39. The average molecular weight is 450 g/mol. The van der Waals surface area contributed by atoms with Crippen LogP contribution in [-0.4, -0.2) is 50.5 Å². The Bertz CT molecular complexity index is 1050. The molecule has 158 valence electrons.